The predicted molar refractivity (Wildman–Crippen MR) is 97.2 cm³/mol. The summed E-state index contributed by atoms with van der Waals surface area (Å²) in [6, 6.07) is 13.8. The van der Waals surface area contributed by atoms with E-state index < -0.39 is 5.97 Å². The number of Topliss-reactive ketones (excluding diaryl/α,β-unsaturated/α-hetero) is 1. The van der Waals surface area contributed by atoms with Gasteiger partial charge in [0.25, 0.3) is 0 Å². The number of nitrogens with one attached hydrogen (secondary N) is 1. The number of carboxylic acids is 1. The van der Waals surface area contributed by atoms with Crippen molar-refractivity contribution >= 4 is 28.6 Å². The molecular formula is C20H18N2O4. The van der Waals surface area contributed by atoms with Crippen molar-refractivity contribution in [3.8, 4) is 0 Å². The molecule has 2 aromatic carbocycles. The molecule has 1 amide bonds. The second-order valence-corrected chi connectivity index (χ2v) is 6.02. The van der Waals surface area contributed by atoms with Crippen LogP contribution < -0.4 is 5.32 Å². The first kappa shape index (κ1) is 17.4. The van der Waals surface area contributed by atoms with Crippen molar-refractivity contribution in [1.29, 1.82) is 0 Å². The van der Waals surface area contributed by atoms with Gasteiger partial charge in [0, 0.05) is 29.2 Å². The fourth-order valence-electron chi connectivity index (χ4n) is 2.83. The first-order valence-electron chi connectivity index (χ1n) is 8.13. The highest BCUT2D eigenvalue weighted by Crippen LogP contribution is 2.21. The monoisotopic (exact) mass is 350 g/mol. The summed E-state index contributed by atoms with van der Waals surface area (Å²) in [5.74, 6) is -1.22. The van der Waals surface area contributed by atoms with Crippen LogP contribution in [0.4, 0.5) is 0 Å². The van der Waals surface area contributed by atoms with Gasteiger partial charge in [-0.3, -0.25) is 9.59 Å². The van der Waals surface area contributed by atoms with E-state index in [-0.39, 0.29) is 23.8 Å². The Kier molecular flexibility index (Phi) is 4.84. The summed E-state index contributed by atoms with van der Waals surface area (Å²) >= 11 is 0. The van der Waals surface area contributed by atoms with Crippen LogP contribution in [0.3, 0.4) is 0 Å². The third kappa shape index (κ3) is 3.64. The summed E-state index contributed by atoms with van der Waals surface area (Å²) in [6.07, 6.45) is 1.70. The number of aromatic carboxylic acids is 1. The summed E-state index contributed by atoms with van der Waals surface area (Å²) in [6.45, 7) is 1.91. The number of benzene rings is 2. The molecule has 0 fully saturated rings. The Morgan fingerprint density at radius 3 is 2.38 bits per heavy atom. The zero-order valence-electron chi connectivity index (χ0n) is 14.2. The van der Waals surface area contributed by atoms with Crippen molar-refractivity contribution in [2.45, 2.75) is 20.0 Å². The number of rotatable bonds is 6. The van der Waals surface area contributed by atoms with Crippen LogP contribution >= 0.6 is 0 Å². The summed E-state index contributed by atoms with van der Waals surface area (Å²) in [5.41, 5.74) is 2.44. The molecule has 3 rings (SSSR count). The molecule has 0 atom stereocenters. The van der Waals surface area contributed by atoms with Gasteiger partial charge in [-0.2, -0.15) is 0 Å². The number of fused-ring (bicyclic) bond motifs is 1. The first-order valence-corrected chi connectivity index (χ1v) is 8.13. The first-order chi connectivity index (χ1) is 12.5. The highest BCUT2D eigenvalue weighted by molar-refractivity contribution is 6.07. The van der Waals surface area contributed by atoms with E-state index in [0.29, 0.717) is 12.1 Å². The summed E-state index contributed by atoms with van der Waals surface area (Å²) in [5, 5.41) is 12.5. The van der Waals surface area contributed by atoms with Gasteiger partial charge in [-0.1, -0.05) is 30.3 Å². The Hall–Kier alpha value is -3.41. The molecule has 0 saturated heterocycles. The van der Waals surface area contributed by atoms with Crippen molar-refractivity contribution in [2.24, 2.45) is 0 Å². The number of carbonyl (C=O) groups is 3. The standard InChI is InChI=1S/C20H18N2O4/c1-13(23)17-11-22(18-5-3-2-4-16(17)18)12-19(24)21-10-14-6-8-15(9-7-14)20(25)26/h2-9,11H,10,12H2,1H3,(H,21,24)(H,25,26). The molecule has 0 aliphatic heterocycles. The summed E-state index contributed by atoms with van der Waals surface area (Å²) in [7, 11) is 0. The van der Waals surface area contributed by atoms with Crippen LogP contribution in [0.5, 0.6) is 0 Å². The Morgan fingerprint density at radius 2 is 1.73 bits per heavy atom. The van der Waals surface area contributed by atoms with E-state index in [4.69, 9.17) is 5.11 Å². The lowest BCUT2D eigenvalue weighted by molar-refractivity contribution is -0.121. The smallest absolute Gasteiger partial charge is 0.335 e. The molecule has 2 N–H and O–H groups in total. The zero-order valence-corrected chi connectivity index (χ0v) is 14.2. The number of carbonyl (C=O) groups excluding carboxylic acids is 2. The largest absolute Gasteiger partial charge is 0.478 e. The topological polar surface area (TPSA) is 88.4 Å². The van der Waals surface area contributed by atoms with Crippen molar-refractivity contribution < 1.29 is 19.5 Å². The second-order valence-electron chi connectivity index (χ2n) is 6.02. The Morgan fingerprint density at radius 1 is 1.04 bits per heavy atom. The van der Waals surface area contributed by atoms with Crippen molar-refractivity contribution in [2.75, 3.05) is 0 Å². The van der Waals surface area contributed by atoms with Crippen molar-refractivity contribution in [3.05, 3.63) is 71.4 Å². The fourth-order valence-corrected chi connectivity index (χ4v) is 2.83. The minimum Gasteiger partial charge on any atom is -0.478 e. The van der Waals surface area contributed by atoms with E-state index in [0.717, 1.165) is 16.5 Å². The Balaban J connectivity index is 1.69. The molecule has 0 unspecified atom stereocenters. The number of para-hydroxylation sites is 1. The molecule has 0 aliphatic carbocycles. The van der Waals surface area contributed by atoms with Gasteiger partial charge >= 0.3 is 5.97 Å². The molecule has 6 heteroatoms. The van der Waals surface area contributed by atoms with Gasteiger partial charge in [0.1, 0.15) is 6.54 Å². The molecule has 132 valence electrons. The molecule has 1 aromatic heterocycles. The molecular weight excluding hydrogens is 332 g/mol. The predicted octanol–water partition coefficient (Wildman–Crippen LogP) is 2.86. The van der Waals surface area contributed by atoms with Crippen molar-refractivity contribution in [1.82, 2.24) is 9.88 Å². The maximum Gasteiger partial charge on any atom is 0.335 e. The van der Waals surface area contributed by atoms with Crippen LogP contribution in [0.2, 0.25) is 0 Å². The van der Waals surface area contributed by atoms with Gasteiger partial charge < -0.3 is 15.0 Å². The van der Waals surface area contributed by atoms with E-state index in [1.807, 2.05) is 24.3 Å². The minimum absolute atomic E-state index is 0.0427. The van der Waals surface area contributed by atoms with E-state index in [1.165, 1.54) is 19.1 Å². The number of nitrogens with zero attached hydrogens (tertiary/aromatic N) is 1. The maximum absolute atomic E-state index is 12.3. The van der Waals surface area contributed by atoms with Crippen LogP contribution in [0.1, 0.15) is 33.2 Å². The van der Waals surface area contributed by atoms with Crippen LogP contribution in [0, 0.1) is 0 Å². The van der Waals surface area contributed by atoms with E-state index in [1.54, 1.807) is 22.9 Å². The van der Waals surface area contributed by atoms with Crippen molar-refractivity contribution in [3.63, 3.8) is 0 Å². The average Bonchev–Trinajstić information content (AvgIpc) is 2.99. The molecule has 0 radical (unpaired) electrons. The van der Waals surface area contributed by atoms with Crippen LogP contribution in [-0.2, 0) is 17.9 Å². The molecule has 1 heterocycles. The lowest BCUT2D eigenvalue weighted by Crippen LogP contribution is -2.26. The minimum atomic E-state index is -0.985. The van der Waals surface area contributed by atoms with E-state index >= 15 is 0 Å². The fraction of sp³-hybridized carbons (Fsp3) is 0.150. The molecule has 0 spiro atoms. The Labute approximate surface area is 150 Å². The zero-order chi connectivity index (χ0) is 18.7. The quantitative estimate of drug-likeness (QED) is 0.669. The molecule has 3 aromatic rings. The number of aromatic nitrogens is 1. The van der Waals surface area contributed by atoms with Crippen LogP contribution in [0.15, 0.2) is 54.7 Å². The van der Waals surface area contributed by atoms with Gasteiger partial charge in [0.15, 0.2) is 5.78 Å². The third-order valence-electron chi connectivity index (χ3n) is 4.17. The lowest BCUT2D eigenvalue weighted by atomic mass is 10.1. The van der Waals surface area contributed by atoms with Gasteiger partial charge in [-0.05, 0) is 30.7 Å². The number of hydrogen-bond donors (Lipinski definition) is 2. The van der Waals surface area contributed by atoms with E-state index in [2.05, 4.69) is 5.32 Å². The molecule has 0 aliphatic rings. The molecule has 6 nitrogen and oxygen atoms in total. The van der Waals surface area contributed by atoms with Gasteiger partial charge in [0.2, 0.25) is 5.91 Å². The van der Waals surface area contributed by atoms with Gasteiger partial charge in [-0.25, -0.2) is 4.79 Å². The van der Waals surface area contributed by atoms with Gasteiger partial charge in [0.05, 0.1) is 5.56 Å². The normalized spacial score (nSPS) is 10.7. The second kappa shape index (κ2) is 7.23. The number of carboxylic acid groups (broad SMARTS) is 1. The Bertz CT molecular complexity index is 987. The SMILES string of the molecule is CC(=O)c1cn(CC(=O)NCc2ccc(C(=O)O)cc2)c2ccccc12. The number of hydrogen-bond acceptors (Lipinski definition) is 3. The molecule has 0 saturated carbocycles. The number of amides is 1. The van der Waals surface area contributed by atoms with Crippen LogP contribution in [-0.4, -0.2) is 27.3 Å². The lowest BCUT2D eigenvalue weighted by Gasteiger charge is -2.08. The highest BCUT2D eigenvalue weighted by Gasteiger charge is 2.13. The average molecular weight is 350 g/mol. The van der Waals surface area contributed by atoms with Crippen LogP contribution in [0.25, 0.3) is 10.9 Å². The molecule has 0 bridgehead atoms. The molecule has 26 heavy (non-hydrogen) atoms. The summed E-state index contributed by atoms with van der Waals surface area (Å²) in [4.78, 5) is 34.9. The summed E-state index contributed by atoms with van der Waals surface area (Å²) < 4.78 is 1.76. The maximum atomic E-state index is 12.3. The highest BCUT2D eigenvalue weighted by atomic mass is 16.4. The van der Waals surface area contributed by atoms with E-state index in [9.17, 15) is 14.4 Å². The number of ketones is 1. The third-order valence-corrected chi connectivity index (χ3v) is 4.17. The van der Waals surface area contributed by atoms with Gasteiger partial charge in [-0.15, -0.1) is 0 Å².